The first-order valence-corrected chi connectivity index (χ1v) is 8.05. The van der Waals surface area contributed by atoms with E-state index in [0.717, 1.165) is 38.0 Å². The molecule has 1 amide bonds. The molecule has 1 aliphatic heterocycles. The van der Waals surface area contributed by atoms with Gasteiger partial charge in [0.2, 0.25) is 0 Å². The summed E-state index contributed by atoms with van der Waals surface area (Å²) in [6.07, 6.45) is 6.69. The van der Waals surface area contributed by atoms with Crippen molar-refractivity contribution < 1.29 is 9.53 Å². The maximum absolute atomic E-state index is 12.3. The Labute approximate surface area is 133 Å². The lowest BCUT2D eigenvalue weighted by Crippen LogP contribution is -2.50. The van der Waals surface area contributed by atoms with Gasteiger partial charge in [0.1, 0.15) is 5.60 Å². The highest BCUT2D eigenvalue weighted by atomic mass is 16.6. The Morgan fingerprint density at radius 2 is 2.27 bits per heavy atom. The molecule has 0 bridgehead atoms. The normalized spacial score (nSPS) is 19.0. The zero-order chi connectivity index (χ0) is 16.0. The SMILES string of the molecule is CC(C)(C)OC(=O)N1CCCC[C@@H]1CNCc1cccnc1. The van der Waals surface area contributed by atoms with E-state index in [4.69, 9.17) is 4.74 Å². The molecule has 2 rings (SSSR count). The molecular formula is C17H27N3O2. The molecular weight excluding hydrogens is 278 g/mol. The predicted molar refractivity (Wildman–Crippen MR) is 86.5 cm³/mol. The van der Waals surface area contributed by atoms with Crippen molar-refractivity contribution in [3.63, 3.8) is 0 Å². The minimum atomic E-state index is -0.442. The summed E-state index contributed by atoms with van der Waals surface area (Å²) in [6, 6.07) is 4.19. The molecule has 1 aromatic heterocycles. The largest absolute Gasteiger partial charge is 0.444 e. The minimum absolute atomic E-state index is 0.194. The van der Waals surface area contributed by atoms with Crippen LogP contribution in [-0.4, -0.2) is 40.7 Å². The van der Waals surface area contributed by atoms with Gasteiger partial charge in [-0.1, -0.05) is 6.07 Å². The number of carbonyl (C=O) groups is 1. The van der Waals surface area contributed by atoms with Gasteiger partial charge >= 0.3 is 6.09 Å². The third kappa shape index (κ3) is 5.30. The first kappa shape index (κ1) is 16.7. The standard InChI is InChI=1S/C17H27N3O2/c1-17(2,3)22-16(21)20-10-5-4-8-15(20)13-19-12-14-7-6-9-18-11-14/h6-7,9,11,15,19H,4-5,8,10,12-13H2,1-3H3/t15-/m1/s1. The molecule has 0 spiro atoms. The number of hydrogen-bond acceptors (Lipinski definition) is 4. The molecule has 1 fully saturated rings. The van der Waals surface area contributed by atoms with Crippen molar-refractivity contribution in [3.8, 4) is 0 Å². The molecule has 0 aromatic carbocycles. The molecule has 1 aliphatic rings. The van der Waals surface area contributed by atoms with Gasteiger partial charge in [0.25, 0.3) is 0 Å². The van der Waals surface area contributed by atoms with Crippen LogP contribution in [0.1, 0.15) is 45.6 Å². The number of amides is 1. The van der Waals surface area contributed by atoms with Gasteiger partial charge in [0.05, 0.1) is 0 Å². The molecule has 122 valence electrons. The van der Waals surface area contributed by atoms with Crippen molar-refractivity contribution in [1.29, 1.82) is 0 Å². The molecule has 2 heterocycles. The summed E-state index contributed by atoms with van der Waals surface area (Å²) >= 11 is 0. The lowest BCUT2D eigenvalue weighted by atomic mass is 10.0. The summed E-state index contributed by atoms with van der Waals surface area (Å²) in [6.45, 7) is 8.06. The summed E-state index contributed by atoms with van der Waals surface area (Å²) < 4.78 is 5.52. The van der Waals surface area contributed by atoms with Crippen molar-refractivity contribution in [2.75, 3.05) is 13.1 Å². The van der Waals surface area contributed by atoms with Crippen molar-refractivity contribution in [2.45, 2.75) is 58.2 Å². The number of rotatable bonds is 4. The monoisotopic (exact) mass is 305 g/mol. The van der Waals surface area contributed by atoms with Crippen LogP contribution >= 0.6 is 0 Å². The van der Waals surface area contributed by atoms with Gasteiger partial charge in [0, 0.05) is 38.1 Å². The summed E-state index contributed by atoms with van der Waals surface area (Å²) in [5.74, 6) is 0. The van der Waals surface area contributed by atoms with E-state index in [-0.39, 0.29) is 12.1 Å². The first-order chi connectivity index (χ1) is 10.5. The number of aromatic nitrogens is 1. The summed E-state index contributed by atoms with van der Waals surface area (Å²) in [7, 11) is 0. The second kappa shape index (κ2) is 7.58. The van der Waals surface area contributed by atoms with E-state index in [2.05, 4.69) is 10.3 Å². The van der Waals surface area contributed by atoms with Crippen LogP contribution in [0.3, 0.4) is 0 Å². The number of ether oxygens (including phenoxy) is 1. The quantitative estimate of drug-likeness (QED) is 0.929. The zero-order valence-electron chi connectivity index (χ0n) is 13.8. The van der Waals surface area contributed by atoms with E-state index in [1.165, 1.54) is 6.42 Å². The van der Waals surface area contributed by atoms with Crippen molar-refractivity contribution in [3.05, 3.63) is 30.1 Å². The minimum Gasteiger partial charge on any atom is -0.444 e. The van der Waals surface area contributed by atoms with Crippen molar-refractivity contribution in [1.82, 2.24) is 15.2 Å². The van der Waals surface area contributed by atoms with Gasteiger partial charge in [-0.25, -0.2) is 4.79 Å². The van der Waals surface area contributed by atoms with E-state index in [9.17, 15) is 4.79 Å². The van der Waals surface area contributed by atoms with Crippen LogP contribution in [0, 0.1) is 0 Å². The second-order valence-corrected chi connectivity index (χ2v) is 6.82. The summed E-state index contributed by atoms with van der Waals surface area (Å²) in [5.41, 5.74) is 0.713. The summed E-state index contributed by atoms with van der Waals surface area (Å²) in [5, 5.41) is 3.43. The van der Waals surface area contributed by atoms with Gasteiger partial charge in [-0.3, -0.25) is 4.98 Å². The van der Waals surface area contributed by atoms with Crippen LogP contribution in [0.15, 0.2) is 24.5 Å². The second-order valence-electron chi connectivity index (χ2n) is 6.82. The molecule has 0 aliphatic carbocycles. The Morgan fingerprint density at radius 3 is 2.95 bits per heavy atom. The van der Waals surface area contributed by atoms with E-state index in [0.29, 0.717) is 0 Å². The van der Waals surface area contributed by atoms with Crippen LogP contribution in [0.5, 0.6) is 0 Å². The van der Waals surface area contributed by atoms with Crippen LogP contribution in [0.25, 0.3) is 0 Å². The number of piperidine rings is 1. The molecule has 0 unspecified atom stereocenters. The molecule has 1 aromatic rings. The van der Waals surface area contributed by atoms with E-state index in [1.807, 2.05) is 44.0 Å². The van der Waals surface area contributed by atoms with E-state index < -0.39 is 5.60 Å². The smallest absolute Gasteiger partial charge is 0.410 e. The highest BCUT2D eigenvalue weighted by molar-refractivity contribution is 5.68. The zero-order valence-corrected chi connectivity index (χ0v) is 13.8. The van der Waals surface area contributed by atoms with Gasteiger partial charge in [0.15, 0.2) is 0 Å². The maximum Gasteiger partial charge on any atom is 0.410 e. The van der Waals surface area contributed by atoms with E-state index in [1.54, 1.807) is 6.20 Å². The van der Waals surface area contributed by atoms with Gasteiger partial charge in [-0.15, -0.1) is 0 Å². The molecule has 22 heavy (non-hydrogen) atoms. The number of nitrogens with zero attached hydrogens (tertiary/aromatic N) is 2. The Morgan fingerprint density at radius 1 is 1.45 bits per heavy atom. The maximum atomic E-state index is 12.3. The topological polar surface area (TPSA) is 54.5 Å². The van der Waals surface area contributed by atoms with Crippen LogP contribution in [0.4, 0.5) is 4.79 Å². The van der Waals surface area contributed by atoms with Gasteiger partial charge in [-0.2, -0.15) is 0 Å². The highest BCUT2D eigenvalue weighted by Gasteiger charge is 2.30. The molecule has 5 heteroatoms. The Balaban J connectivity index is 1.85. The number of likely N-dealkylation sites (tertiary alicyclic amines) is 1. The highest BCUT2D eigenvalue weighted by Crippen LogP contribution is 2.20. The van der Waals surface area contributed by atoms with Crippen molar-refractivity contribution in [2.24, 2.45) is 0 Å². The van der Waals surface area contributed by atoms with Crippen LogP contribution in [-0.2, 0) is 11.3 Å². The first-order valence-electron chi connectivity index (χ1n) is 8.05. The Kier molecular flexibility index (Phi) is 5.77. The number of pyridine rings is 1. The van der Waals surface area contributed by atoms with E-state index >= 15 is 0 Å². The molecule has 0 saturated carbocycles. The summed E-state index contributed by atoms with van der Waals surface area (Å²) in [4.78, 5) is 18.3. The number of carbonyl (C=O) groups excluding carboxylic acids is 1. The molecule has 1 saturated heterocycles. The molecule has 1 atom stereocenters. The average molecular weight is 305 g/mol. The fourth-order valence-corrected chi connectivity index (χ4v) is 2.66. The third-order valence-corrected chi connectivity index (χ3v) is 3.69. The fourth-order valence-electron chi connectivity index (χ4n) is 2.66. The Bertz CT molecular complexity index is 471. The molecule has 1 N–H and O–H groups in total. The molecule has 5 nitrogen and oxygen atoms in total. The predicted octanol–water partition coefficient (Wildman–Crippen LogP) is 2.96. The fraction of sp³-hybridized carbons (Fsp3) is 0.647. The third-order valence-electron chi connectivity index (χ3n) is 3.69. The average Bonchev–Trinajstić information content (AvgIpc) is 2.47. The number of nitrogens with one attached hydrogen (secondary N) is 1. The Hall–Kier alpha value is -1.62. The molecule has 0 radical (unpaired) electrons. The lowest BCUT2D eigenvalue weighted by molar-refractivity contribution is 0.00993. The van der Waals surface area contributed by atoms with Gasteiger partial charge < -0.3 is 15.0 Å². The van der Waals surface area contributed by atoms with Crippen molar-refractivity contribution >= 4 is 6.09 Å². The lowest BCUT2D eigenvalue weighted by Gasteiger charge is -2.37. The van der Waals surface area contributed by atoms with Gasteiger partial charge in [-0.05, 0) is 51.7 Å². The number of hydrogen-bond donors (Lipinski definition) is 1. The van der Waals surface area contributed by atoms with Crippen LogP contribution in [0.2, 0.25) is 0 Å². The van der Waals surface area contributed by atoms with Crippen LogP contribution < -0.4 is 5.32 Å².